The third kappa shape index (κ3) is 2.56. The van der Waals surface area contributed by atoms with Crippen LogP contribution in [0.2, 0.25) is 0 Å². The van der Waals surface area contributed by atoms with Crippen molar-refractivity contribution in [3.05, 3.63) is 36.0 Å². The molecule has 110 valence electrons. The lowest BCUT2D eigenvalue weighted by molar-refractivity contribution is 0.0945. The predicted molar refractivity (Wildman–Crippen MR) is 83.8 cm³/mol. The minimum Gasteiger partial charge on any atom is -0.351 e. The van der Waals surface area contributed by atoms with Gasteiger partial charge in [-0.1, -0.05) is 31.2 Å². The number of fused-ring (bicyclic) bond motifs is 1. The highest BCUT2D eigenvalue weighted by molar-refractivity contribution is 6.09. The molecule has 21 heavy (non-hydrogen) atoms. The van der Waals surface area contributed by atoms with E-state index in [-0.39, 0.29) is 5.91 Å². The number of hydrazine groups is 1. The van der Waals surface area contributed by atoms with Crippen LogP contribution in [0.4, 0.5) is 5.82 Å². The third-order valence-electron chi connectivity index (χ3n) is 4.51. The first-order valence-electron chi connectivity index (χ1n) is 7.32. The molecule has 5 nitrogen and oxygen atoms in total. The highest BCUT2D eigenvalue weighted by atomic mass is 16.1. The Kier molecular flexibility index (Phi) is 3.51. The molecule has 0 unspecified atom stereocenters. The monoisotopic (exact) mass is 284 g/mol. The Morgan fingerprint density at radius 1 is 1.33 bits per heavy atom. The van der Waals surface area contributed by atoms with Crippen molar-refractivity contribution in [1.29, 1.82) is 0 Å². The van der Waals surface area contributed by atoms with Crippen molar-refractivity contribution >= 4 is 22.5 Å². The van der Waals surface area contributed by atoms with E-state index in [2.05, 4.69) is 22.7 Å². The van der Waals surface area contributed by atoms with E-state index >= 15 is 0 Å². The molecule has 0 spiro atoms. The molecule has 1 amide bonds. The van der Waals surface area contributed by atoms with Crippen LogP contribution >= 0.6 is 0 Å². The van der Waals surface area contributed by atoms with E-state index in [1.54, 1.807) is 6.20 Å². The van der Waals surface area contributed by atoms with Gasteiger partial charge in [0.2, 0.25) is 0 Å². The number of nitrogen functional groups attached to an aromatic ring is 1. The highest BCUT2D eigenvalue weighted by Gasteiger charge is 2.40. The zero-order chi connectivity index (χ0) is 14.9. The molecule has 1 aliphatic rings. The highest BCUT2D eigenvalue weighted by Crippen LogP contribution is 2.47. The summed E-state index contributed by atoms with van der Waals surface area (Å²) in [6.07, 6.45) is 5.11. The zero-order valence-electron chi connectivity index (χ0n) is 12.1. The van der Waals surface area contributed by atoms with Gasteiger partial charge in [-0.25, -0.2) is 10.8 Å². The van der Waals surface area contributed by atoms with Gasteiger partial charge in [-0.2, -0.15) is 0 Å². The second kappa shape index (κ2) is 5.33. The summed E-state index contributed by atoms with van der Waals surface area (Å²) in [7, 11) is 0. The molecule has 1 aliphatic carbocycles. The van der Waals surface area contributed by atoms with Gasteiger partial charge in [-0.05, 0) is 30.1 Å². The first-order valence-corrected chi connectivity index (χ1v) is 7.32. The number of carbonyl (C=O) groups excluding carboxylic acids is 1. The number of amides is 1. The molecule has 3 rings (SSSR count). The Balaban J connectivity index is 1.88. The summed E-state index contributed by atoms with van der Waals surface area (Å²) >= 11 is 0. The van der Waals surface area contributed by atoms with Gasteiger partial charge in [0.15, 0.2) is 0 Å². The quantitative estimate of drug-likeness (QED) is 0.582. The molecule has 0 atom stereocenters. The van der Waals surface area contributed by atoms with Gasteiger partial charge in [0.05, 0.1) is 5.56 Å². The van der Waals surface area contributed by atoms with Gasteiger partial charge in [0.25, 0.3) is 5.91 Å². The van der Waals surface area contributed by atoms with Crippen molar-refractivity contribution in [1.82, 2.24) is 10.3 Å². The molecule has 0 saturated heterocycles. The summed E-state index contributed by atoms with van der Waals surface area (Å²) in [5.74, 6) is 5.98. The third-order valence-corrected chi connectivity index (χ3v) is 4.51. The van der Waals surface area contributed by atoms with E-state index in [1.807, 2.05) is 24.3 Å². The molecular formula is C16H20N4O. The standard InChI is InChI=1S/C16H20N4O/c1-2-16(7-8-16)10-19-15(21)13-9-18-14(20-17)12-6-4-3-5-11(12)13/h3-6,9H,2,7-8,10,17H2,1H3,(H,18,20)(H,19,21). The fourth-order valence-corrected chi connectivity index (χ4v) is 2.68. The van der Waals surface area contributed by atoms with Crippen LogP contribution in [0.3, 0.4) is 0 Å². The van der Waals surface area contributed by atoms with Gasteiger partial charge in [0.1, 0.15) is 5.82 Å². The molecular weight excluding hydrogens is 264 g/mol. The number of nitrogens with one attached hydrogen (secondary N) is 2. The molecule has 1 saturated carbocycles. The molecule has 0 radical (unpaired) electrons. The van der Waals surface area contributed by atoms with Gasteiger partial charge in [-0.3, -0.25) is 4.79 Å². The fraction of sp³-hybridized carbons (Fsp3) is 0.375. The Bertz CT molecular complexity index is 679. The van der Waals surface area contributed by atoms with Crippen molar-refractivity contribution in [2.75, 3.05) is 12.0 Å². The predicted octanol–water partition coefficient (Wildman–Crippen LogP) is 2.44. The van der Waals surface area contributed by atoms with Crippen molar-refractivity contribution in [2.45, 2.75) is 26.2 Å². The number of pyridine rings is 1. The molecule has 2 aromatic rings. The SMILES string of the molecule is CCC1(CNC(=O)c2cnc(NN)c3ccccc23)CC1. The Labute approximate surface area is 123 Å². The molecule has 1 fully saturated rings. The molecule has 1 heterocycles. The van der Waals surface area contributed by atoms with Crippen LogP contribution in [0.5, 0.6) is 0 Å². The maximum Gasteiger partial charge on any atom is 0.253 e. The number of nitrogens with two attached hydrogens (primary N) is 1. The zero-order valence-corrected chi connectivity index (χ0v) is 12.1. The van der Waals surface area contributed by atoms with Crippen LogP contribution in [0.1, 0.15) is 36.5 Å². The van der Waals surface area contributed by atoms with E-state index in [9.17, 15) is 4.79 Å². The van der Waals surface area contributed by atoms with Gasteiger partial charge >= 0.3 is 0 Å². The average Bonchev–Trinajstić information content (AvgIpc) is 3.32. The van der Waals surface area contributed by atoms with Crippen LogP contribution in [0.25, 0.3) is 10.8 Å². The van der Waals surface area contributed by atoms with Gasteiger partial charge < -0.3 is 10.7 Å². The Hall–Kier alpha value is -2.14. The van der Waals surface area contributed by atoms with Gasteiger partial charge in [0, 0.05) is 18.1 Å². The number of rotatable bonds is 5. The lowest BCUT2D eigenvalue weighted by atomic mass is 10.0. The molecule has 1 aromatic carbocycles. The molecule has 4 N–H and O–H groups in total. The van der Waals surface area contributed by atoms with E-state index in [0.717, 1.165) is 23.7 Å². The van der Waals surface area contributed by atoms with Gasteiger partial charge in [-0.15, -0.1) is 0 Å². The Morgan fingerprint density at radius 2 is 2.05 bits per heavy atom. The topological polar surface area (TPSA) is 80.0 Å². The average molecular weight is 284 g/mol. The van der Waals surface area contributed by atoms with Crippen LogP contribution < -0.4 is 16.6 Å². The number of carbonyl (C=O) groups is 1. The summed E-state index contributed by atoms with van der Waals surface area (Å²) in [5, 5.41) is 4.76. The molecule has 5 heteroatoms. The first-order chi connectivity index (χ1) is 10.2. The van der Waals surface area contributed by atoms with Crippen molar-refractivity contribution < 1.29 is 4.79 Å². The summed E-state index contributed by atoms with van der Waals surface area (Å²) in [6, 6.07) is 7.64. The molecule has 1 aromatic heterocycles. The number of nitrogens with zero attached hydrogens (tertiary/aromatic N) is 1. The minimum atomic E-state index is -0.0676. The number of hydrogen-bond acceptors (Lipinski definition) is 4. The first kappa shape index (κ1) is 13.8. The van der Waals surface area contributed by atoms with E-state index in [4.69, 9.17) is 5.84 Å². The summed E-state index contributed by atoms with van der Waals surface area (Å²) in [5.41, 5.74) is 3.49. The van der Waals surface area contributed by atoms with Crippen molar-refractivity contribution in [3.8, 4) is 0 Å². The number of hydrogen-bond donors (Lipinski definition) is 3. The summed E-state index contributed by atoms with van der Waals surface area (Å²) < 4.78 is 0. The van der Waals surface area contributed by atoms with E-state index in [1.165, 1.54) is 12.8 Å². The number of aromatic nitrogens is 1. The second-order valence-electron chi connectivity index (χ2n) is 5.75. The molecule has 0 aliphatic heterocycles. The molecule has 0 bridgehead atoms. The number of benzene rings is 1. The van der Waals surface area contributed by atoms with Crippen LogP contribution in [0.15, 0.2) is 30.5 Å². The summed E-state index contributed by atoms with van der Waals surface area (Å²) in [4.78, 5) is 16.7. The van der Waals surface area contributed by atoms with Crippen molar-refractivity contribution in [3.63, 3.8) is 0 Å². The minimum absolute atomic E-state index is 0.0676. The number of anilines is 1. The maximum absolute atomic E-state index is 12.4. The lowest BCUT2D eigenvalue weighted by Gasteiger charge is -2.14. The normalized spacial score (nSPS) is 15.7. The smallest absolute Gasteiger partial charge is 0.253 e. The van der Waals surface area contributed by atoms with Crippen LogP contribution in [0, 0.1) is 5.41 Å². The second-order valence-corrected chi connectivity index (χ2v) is 5.75. The lowest BCUT2D eigenvalue weighted by Crippen LogP contribution is -2.30. The maximum atomic E-state index is 12.4. The van der Waals surface area contributed by atoms with Crippen LogP contribution in [-0.4, -0.2) is 17.4 Å². The van der Waals surface area contributed by atoms with E-state index < -0.39 is 0 Å². The fourth-order valence-electron chi connectivity index (χ4n) is 2.68. The van der Waals surface area contributed by atoms with Crippen LogP contribution in [-0.2, 0) is 0 Å². The van der Waals surface area contributed by atoms with Crippen molar-refractivity contribution in [2.24, 2.45) is 11.3 Å². The largest absolute Gasteiger partial charge is 0.351 e. The summed E-state index contributed by atoms with van der Waals surface area (Å²) in [6.45, 7) is 2.92. The Morgan fingerprint density at radius 3 is 2.67 bits per heavy atom. The van der Waals surface area contributed by atoms with E-state index in [0.29, 0.717) is 16.8 Å².